The summed E-state index contributed by atoms with van der Waals surface area (Å²) in [6.45, 7) is 4.18. The number of nitrogens with zero attached hydrogens (tertiary/aromatic N) is 4. The maximum absolute atomic E-state index is 13.7. The first-order chi connectivity index (χ1) is 28.6. The van der Waals surface area contributed by atoms with Crippen molar-refractivity contribution in [3.05, 3.63) is 102 Å². The molecule has 16 nitrogen and oxygen atoms in total. The second-order valence-corrected chi connectivity index (χ2v) is 14.0. The minimum atomic E-state index is -0.841. The number of ether oxygens (including phenoxy) is 3. The van der Waals surface area contributed by atoms with E-state index in [9.17, 15) is 24.0 Å². The number of hydrogen-bond donors (Lipinski definition) is 4. The Morgan fingerprint density at radius 3 is 2.20 bits per heavy atom. The van der Waals surface area contributed by atoms with Gasteiger partial charge >= 0.3 is 12.2 Å². The minimum absolute atomic E-state index is 0.0769. The predicted molar refractivity (Wildman–Crippen MR) is 218 cm³/mol. The van der Waals surface area contributed by atoms with Gasteiger partial charge in [0.1, 0.15) is 35.7 Å². The van der Waals surface area contributed by atoms with Crippen molar-refractivity contribution in [2.75, 3.05) is 40.5 Å². The van der Waals surface area contributed by atoms with Crippen molar-refractivity contribution in [3.63, 3.8) is 0 Å². The van der Waals surface area contributed by atoms with Crippen LogP contribution in [0, 0.1) is 0 Å². The van der Waals surface area contributed by atoms with Gasteiger partial charge in [-0.3, -0.25) is 14.4 Å². The fraction of sp³-hybridized carbons (Fsp3) is 0.326. The molecule has 6 rings (SSSR count). The minimum Gasteiger partial charge on any atom is -0.485 e. The Labute approximate surface area is 341 Å². The third-order valence-electron chi connectivity index (χ3n) is 9.92. The molecule has 3 aromatic carbocycles. The van der Waals surface area contributed by atoms with Crippen molar-refractivity contribution in [3.8, 4) is 39.4 Å². The average molecular weight is 805 g/mol. The van der Waals surface area contributed by atoms with Gasteiger partial charge in [0, 0.05) is 18.7 Å². The summed E-state index contributed by atoms with van der Waals surface area (Å²) in [6.07, 6.45) is 2.64. The molecule has 1 aliphatic rings. The Hall–Kier alpha value is -6.97. The molecule has 0 spiro atoms. The number of hydrogen-bond acceptors (Lipinski definition) is 10. The number of methoxy groups -OCH3 is 2. The summed E-state index contributed by atoms with van der Waals surface area (Å²) in [5, 5.41) is 4.97. The molecule has 0 unspecified atom stereocenters. The number of rotatable bonds is 16. The number of amides is 4. The molecule has 308 valence electrons. The van der Waals surface area contributed by atoms with Gasteiger partial charge in [0.2, 0.25) is 17.6 Å². The van der Waals surface area contributed by atoms with E-state index in [0.29, 0.717) is 48.2 Å². The van der Waals surface area contributed by atoms with Crippen LogP contribution in [-0.2, 0) is 25.6 Å². The molecule has 5 aromatic rings. The molecule has 0 aliphatic carbocycles. The summed E-state index contributed by atoms with van der Waals surface area (Å²) < 4.78 is 15.0. The third kappa shape index (κ3) is 10.3. The average Bonchev–Trinajstić information content (AvgIpc) is 4.05. The van der Waals surface area contributed by atoms with E-state index in [4.69, 9.17) is 4.74 Å². The zero-order valence-electron chi connectivity index (χ0n) is 33.4. The highest BCUT2D eigenvalue weighted by atomic mass is 16.5. The number of H-pyrrole nitrogens is 2. The highest BCUT2D eigenvalue weighted by Gasteiger charge is 2.32. The lowest BCUT2D eigenvalue weighted by atomic mass is 10.00. The number of ketones is 1. The summed E-state index contributed by atoms with van der Waals surface area (Å²) in [7, 11) is 2.48. The van der Waals surface area contributed by atoms with Crippen molar-refractivity contribution in [2.24, 2.45) is 0 Å². The van der Waals surface area contributed by atoms with E-state index in [1.165, 1.54) is 14.2 Å². The molecule has 0 saturated carbocycles. The van der Waals surface area contributed by atoms with Gasteiger partial charge in [-0.25, -0.2) is 19.6 Å². The molecule has 59 heavy (non-hydrogen) atoms. The second-order valence-electron chi connectivity index (χ2n) is 14.0. The first kappa shape index (κ1) is 41.7. The monoisotopic (exact) mass is 804 g/mol. The van der Waals surface area contributed by atoms with Crippen LogP contribution >= 0.6 is 0 Å². The van der Waals surface area contributed by atoms with Crippen LogP contribution in [0.2, 0.25) is 0 Å². The van der Waals surface area contributed by atoms with Crippen molar-refractivity contribution in [1.82, 2.24) is 40.4 Å². The van der Waals surface area contributed by atoms with Crippen LogP contribution in [0.1, 0.15) is 61.3 Å². The lowest BCUT2D eigenvalue weighted by Gasteiger charge is -2.24. The first-order valence-electron chi connectivity index (χ1n) is 19.4. The van der Waals surface area contributed by atoms with Crippen molar-refractivity contribution in [1.29, 1.82) is 0 Å². The topological polar surface area (TPSA) is 201 Å². The molecule has 4 N–H and O–H groups in total. The van der Waals surface area contributed by atoms with E-state index in [1.807, 2.05) is 73.7 Å². The number of para-hydroxylation sites is 1. The van der Waals surface area contributed by atoms with Crippen molar-refractivity contribution >= 4 is 29.8 Å². The quantitative estimate of drug-likeness (QED) is 0.0871. The molecule has 0 radical (unpaired) electrons. The number of aromatic amines is 2. The van der Waals surface area contributed by atoms with E-state index in [2.05, 4.69) is 40.0 Å². The third-order valence-corrected chi connectivity index (χ3v) is 9.92. The zero-order chi connectivity index (χ0) is 41.9. The molecule has 16 heteroatoms. The molecule has 1 fully saturated rings. The second kappa shape index (κ2) is 19.5. The molecule has 1 aliphatic heterocycles. The Kier molecular flexibility index (Phi) is 13.7. The molecule has 1 saturated heterocycles. The van der Waals surface area contributed by atoms with Crippen LogP contribution < -0.4 is 15.4 Å². The number of benzene rings is 3. The number of carbonyl (C=O) groups excluding carboxylic acids is 5. The molecule has 2 atom stereocenters. The normalized spacial score (nSPS) is 14.0. The lowest BCUT2D eigenvalue weighted by Crippen LogP contribution is -2.47. The number of alkyl carbamates (subject to hydrolysis) is 2. The highest BCUT2D eigenvalue weighted by molar-refractivity contribution is 6.01. The summed E-state index contributed by atoms with van der Waals surface area (Å²) in [4.78, 5) is 82.4. The van der Waals surface area contributed by atoms with Crippen LogP contribution in [0.25, 0.3) is 33.6 Å². The van der Waals surface area contributed by atoms with Gasteiger partial charge in [-0.15, -0.1) is 0 Å². The summed E-state index contributed by atoms with van der Waals surface area (Å²) >= 11 is 0. The van der Waals surface area contributed by atoms with Crippen molar-refractivity contribution < 1.29 is 38.2 Å². The molecule has 0 bridgehead atoms. The zero-order valence-corrected chi connectivity index (χ0v) is 33.4. The Bertz CT molecular complexity index is 2240. The molecular weight excluding hydrogens is 757 g/mol. The fourth-order valence-electron chi connectivity index (χ4n) is 6.93. The summed E-state index contributed by atoms with van der Waals surface area (Å²) in [6, 6.07) is 23.7. The van der Waals surface area contributed by atoms with Crippen LogP contribution in [-0.4, -0.2) is 106 Å². The fourth-order valence-corrected chi connectivity index (χ4v) is 6.93. The molecular formula is C43H48N8O8. The lowest BCUT2D eigenvalue weighted by molar-refractivity contribution is -0.133. The van der Waals surface area contributed by atoms with E-state index in [-0.39, 0.29) is 49.0 Å². The SMILES string of the molecule is CCCN(Cc1nc(C(=O)COc2ccccc2)c(-c2ccc(-c3ccc(-c4cnc([C@@H]5CCCN5C(=O)CNC(=O)OC)[nH]4)cc3)cc2)[nH]1)C(=O)[C@H](C)NC(=O)OC. The maximum atomic E-state index is 13.7. The predicted octanol–water partition coefficient (Wildman–Crippen LogP) is 5.90. The number of aromatic nitrogens is 4. The van der Waals surface area contributed by atoms with Gasteiger partial charge in [-0.1, -0.05) is 73.7 Å². The van der Waals surface area contributed by atoms with Crippen LogP contribution in [0.3, 0.4) is 0 Å². The maximum Gasteiger partial charge on any atom is 0.407 e. The molecule has 2 aromatic heterocycles. The number of carbonyl (C=O) groups is 5. The van der Waals surface area contributed by atoms with E-state index in [0.717, 1.165) is 35.2 Å². The van der Waals surface area contributed by atoms with E-state index >= 15 is 0 Å². The highest BCUT2D eigenvalue weighted by Crippen LogP contribution is 2.33. The number of likely N-dealkylation sites (tertiary alicyclic amines) is 1. The van der Waals surface area contributed by atoms with Gasteiger partial charge < -0.3 is 44.6 Å². The molecule has 3 heterocycles. The summed E-state index contributed by atoms with van der Waals surface area (Å²) in [5.74, 6) is 0.768. The first-order valence-corrected chi connectivity index (χ1v) is 19.4. The van der Waals surface area contributed by atoms with E-state index in [1.54, 1.807) is 35.1 Å². The largest absolute Gasteiger partial charge is 0.485 e. The standard InChI is InChI=1S/C43H48N8O8/c1-5-21-50(41(54)27(2)46-43(56)58-4)25-36-48-38(39(49-36)35(52)26-59-32-10-7-6-8-11-32)31-19-15-29(16-20-31)28-13-17-30(18-14-28)33-23-44-40(47-33)34-12-9-22-51(34)37(53)24-45-42(55)57-3/h6-8,10-11,13-20,23,27,34H,5,9,12,21-22,24-26H2,1-4H3,(H,44,47)(H,45,55)(H,46,56)(H,48,49)/t27-,34-/m0/s1. The Morgan fingerprint density at radius 1 is 0.881 bits per heavy atom. The number of nitrogens with one attached hydrogen (secondary N) is 4. The van der Waals surface area contributed by atoms with Crippen LogP contribution in [0.15, 0.2) is 85.1 Å². The summed E-state index contributed by atoms with van der Waals surface area (Å²) in [5.41, 5.74) is 5.02. The van der Waals surface area contributed by atoms with Gasteiger partial charge in [0.25, 0.3) is 0 Å². The number of Topliss-reactive ketones (excluding diaryl/α,β-unsaturated/α-hetero) is 1. The number of imidazole rings is 2. The van der Waals surface area contributed by atoms with E-state index < -0.39 is 18.2 Å². The van der Waals surface area contributed by atoms with Gasteiger partial charge in [0.05, 0.1) is 44.4 Å². The van der Waals surface area contributed by atoms with Crippen LogP contribution in [0.5, 0.6) is 5.75 Å². The van der Waals surface area contributed by atoms with Crippen LogP contribution in [0.4, 0.5) is 9.59 Å². The molecule has 4 amide bonds. The smallest absolute Gasteiger partial charge is 0.407 e. The van der Waals surface area contributed by atoms with Gasteiger partial charge in [-0.05, 0) is 55.0 Å². The van der Waals surface area contributed by atoms with Crippen molar-refractivity contribution in [2.45, 2.75) is 51.7 Å². The van der Waals surface area contributed by atoms with Gasteiger partial charge in [0.15, 0.2) is 6.61 Å². The van der Waals surface area contributed by atoms with Gasteiger partial charge in [-0.2, -0.15) is 0 Å². The Morgan fingerprint density at radius 2 is 1.54 bits per heavy atom. The Balaban J connectivity index is 1.19.